The molecule has 2 nitrogen and oxygen atoms in total. The van der Waals surface area contributed by atoms with Crippen molar-refractivity contribution >= 4 is 23.9 Å². The summed E-state index contributed by atoms with van der Waals surface area (Å²) in [6.07, 6.45) is 0.763. The molecule has 0 unspecified atom stereocenters. The molecule has 0 bridgehead atoms. The van der Waals surface area contributed by atoms with Gasteiger partial charge in [-0.3, -0.25) is 0 Å². The number of phenolic OH excluding ortho intramolecular Hbond substituents is 1. The van der Waals surface area contributed by atoms with E-state index < -0.39 is 8.07 Å². The van der Waals surface area contributed by atoms with Crippen LogP contribution >= 0.6 is 11.3 Å². The molecule has 0 amide bonds. The minimum atomic E-state index is -1.55. The van der Waals surface area contributed by atoms with Gasteiger partial charge in [-0.25, -0.2) is 0 Å². The molecule has 2 aromatic rings. The molecular formula is C16H22O2SSi. The smallest absolute Gasteiger partial charge is 0.136 e. The van der Waals surface area contributed by atoms with Gasteiger partial charge in [-0.05, 0) is 53.4 Å². The van der Waals surface area contributed by atoms with Gasteiger partial charge in [-0.1, -0.05) is 25.2 Å². The Bertz CT molecular complexity index is 603. The van der Waals surface area contributed by atoms with Gasteiger partial charge in [-0.15, -0.1) is 0 Å². The predicted molar refractivity (Wildman–Crippen MR) is 89.2 cm³/mol. The van der Waals surface area contributed by atoms with Crippen molar-refractivity contribution in [1.29, 1.82) is 0 Å². The lowest BCUT2D eigenvalue weighted by Gasteiger charge is -2.23. The second-order valence-corrected chi connectivity index (χ2v) is 11.8. The van der Waals surface area contributed by atoms with Crippen molar-refractivity contribution in [3.63, 3.8) is 0 Å². The highest BCUT2D eigenvalue weighted by molar-refractivity contribution is 7.25. The molecule has 0 fully saturated rings. The maximum absolute atomic E-state index is 9.84. The third kappa shape index (κ3) is 2.91. The van der Waals surface area contributed by atoms with E-state index in [1.54, 1.807) is 6.07 Å². The Labute approximate surface area is 126 Å². The molecule has 0 spiro atoms. The molecule has 1 aromatic carbocycles. The van der Waals surface area contributed by atoms with E-state index in [9.17, 15) is 5.11 Å². The maximum Gasteiger partial charge on any atom is 0.136 e. The second kappa shape index (κ2) is 5.62. The second-order valence-electron chi connectivity index (χ2n) is 5.94. The summed E-state index contributed by atoms with van der Waals surface area (Å²) in [5.41, 5.74) is 2.95. The first kappa shape index (κ1) is 15.1. The summed E-state index contributed by atoms with van der Waals surface area (Å²) >= 11 is 1.82. The molecule has 0 radical (unpaired) electrons. The molecule has 0 atom stereocenters. The van der Waals surface area contributed by atoms with Gasteiger partial charge in [0.1, 0.15) is 19.6 Å². The van der Waals surface area contributed by atoms with Crippen LogP contribution in [0.15, 0.2) is 23.6 Å². The highest BCUT2D eigenvalue weighted by Gasteiger charge is 2.26. The average Bonchev–Trinajstić information content (AvgIpc) is 2.90. The SMILES string of the molecule is Cc1cc(O)c(C)c(C)c1OC[Si](C)(C)c1cccs1. The number of benzene rings is 1. The molecule has 4 heteroatoms. The largest absolute Gasteiger partial charge is 0.508 e. The zero-order chi connectivity index (χ0) is 14.9. The van der Waals surface area contributed by atoms with Crippen molar-refractivity contribution in [2.24, 2.45) is 0 Å². The van der Waals surface area contributed by atoms with E-state index in [1.807, 2.05) is 32.1 Å². The van der Waals surface area contributed by atoms with E-state index in [4.69, 9.17) is 4.74 Å². The molecule has 0 aliphatic carbocycles. The van der Waals surface area contributed by atoms with E-state index in [1.165, 1.54) is 4.50 Å². The summed E-state index contributed by atoms with van der Waals surface area (Å²) in [5.74, 6) is 1.28. The standard InChI is InChI=1S/C16H22O2SSi/c1-11-9-14(17)12(2)13(3)16(11)18-10-20(4,5)15-7-6-8-19-15/h6-9,17H,10H2,1-5H3. The molecule has 108 valence electrons. The van der Waals surface area contributed by atoms with E-state index in [0.29, 0.717) is 5.75 Å². The molecule has 1 N–H and O–H groups in total. The van der Waals surface area contributed by atoms with Gasteiger partial charge in [0.15, 0.2) is 0 Å². The topological polar surface area (TPSA) is 29.5 Å². The van der Waals surface area contributed by atoms with Gasteiger partial charge in [0.05, 0.1) is 6.23 Å². The van der Waals surface area contributed by atoms with Crippen LogP contribution in [0.4, 0.5) is 0 Å². The monoisotopic (exact) mass is 306 g/mol. The fourth-order valence-electron chi connectivity index (χ4n) is 2.25. The quantitative estimate of drug-likeness (QED) is 0.868. The molecule has 1 heterocycles. The zero-order valence-corrected chi connectivity index (χ0v) is 14.6. The Morgan fingerprint density at radius 2 is 1.90 bits per heavy atom. The molecule has 0 saturated heterocycles. The van der Waals surface area contributed by atoms with Crippen molar-refractivity contribution < 1.29 is 9.84 Å². The lowest BCUT2D eigenvalue weighted by molar-refractivity contribution is 0.371. The highest BCUT2D eigenvalue weighted by atomic mass is 32.1. The van der Waals surface area contributed by atoms with Gasteiger partial charge in [-0.2, -0.15) is 11.3 Å². The number of rotatable bonds is 4. The first-order chi connectivity index (χ1) is 9.33. The van der Waals surface area contributed by atoms with Gasteiger partial charge < -0.3 is 9.84 Å². The van der Waals surface area contributed by atoms with Crippen LogP contribution in [0.2, 0.25) is 13.1 Å². The van der Waals surface area contributed by atoms with Crippen LogP contribution in [-0.2, 0) is 0 Å². The number of hydrogen-bond donors (Lipinski definition) is 1. The third-order valence-corrected chi connectivity index (χ3v) is 8.83. The normalized spacial score (nSPS) is 11.7. The van der Waals surface area contributed by atoms with Crippen LogP contribution in [0.3, 0.4) is 0 Å². The van der Waals surface area contributed by atoms with Crippen LogP contribution in [0.25, 0.3) is 0 Å². The van der Waals surface area contributed by atoms with E-state index in [0.717, 1.165) is 28.7 Å². The van der Waals surface area contributed by atoms with E-state index in [-0.39, 0.29) is 0 Å². The Morgan fingerprint density at radius 1 is 1.20 bits per heavy atom. The molecule has 1 aromatic heterocycles. The third-order valence-electron chi connectivity index (χ3n) is 3.76. The Morgan fingerprint density at radius 3 is 2.50 bits per heavy atom. The lowest BCUT2D eigenvalue weighted by Crippen LogP contribution is -2.45. The van der Waals surface area contributed by atoms with Gasteiger partial charge >= 0.3 is 0 Å². The number of hydrogen-bond acceptors (Lipinski definition) is 3. The van der Waals surface area contributed by atoms with Crippen molar-refractivity contribution in [2.45, 2.75) is 33.9 Å². The fraction of sp³-hybridized carbons (Fsp3) is 0.375. The zero-order valence-electron chi connectivity index (χ0n) is 12.8. The fourth-order valence-corrected chi connectivity index (χ4v) is 5.56. The molecule has 0 aliphatic rings. The Balaban J connectivity index is 2.22. The van der Waals surface area contributed by atoms with E-state index >= 15 is 0 Å². The van der Waals surface area contributed by atoms with Crippen LogP contribution in [0.1, 0.15) is 16.7 Å². The summed E-state index contributed by atoms with van der Waals surface area (Å²) in [5, 5.41) is 12.0. The van der Waals surface area contributed by atoms with Crippen LogP contribution in [0, 0.1) is 20.8 Å². The Kier molecular flexibility index (Phi) is 4.25. The highest BCUT2D eigenvalue weighted by Crippen LogP contribution is 2.32. The van der Waals surface area contributed by atoms with Crippen molar-refractivity contribution in [3.05, 3.63) is 40.3 Å². The molecule has 0 aliphatic heterocycles. The minimum Gasteiger partial charge on any atom is -0.508 e. The summed E-state index contributed by atoms with van der Waals surface area (Å²) in [7, 11) is -1.55. The first-order valence-electron chi connectivity index (χ1n) is 6.79. The lowest BCUT2D eigenvalue weighted by atomic mass is 10.0. The van der Waals surface area contributed by atoms with Gasteiger partial charge in [0, 0.05) is 0 Å². The number of thiophene rings is 1. The summed E-state index contributed by atoms with van der Waals surface area (Å²) < 4.78 is 7.61. The van der Waals surface area contributed by atoms with Gasteiger partial charge in [0.2, 0.25) is 0 Å². The van der Waals surface area contributed by atoms with Crippen LogP contribution < -0.4 is 9.24 Å². The minimum absolute atomic E-state index is 0.349. The summed E-state index contributed by atoms with van der Waals surface area (Å²) in [6, 6.07) is 6.11. The molecule has 0 saturated carbocycles. The van der Waals surface area contributed by atoms with Crippen LogP contribution in [-0.4, -0.2) is 19.4 Å². The predicted octanol–water partition coefficient (Wildman–Crippen LogP) is 3.91. The van der Waals surface area contributed by atoms with Crippen molar-refractivity contribution in [1.82, 2.24) is 0 Å². The molecule has 2 rings (SSSR count). The number of phenols is 1. The van der Waals surface area contributed by atoms with Gasteiger partial charge in [0.25, 0.3) is 0 Å². The molecular weight excluding hydrogens is 284 g/mol. The first-order valence-corrected chi connectivity index (χ1v) is 10.9. The number of aromatic hydroxyl groups is 1. The molecule has 20 heavy (non-hydrogen) atoms. The van der Waals surface area contributed by atoms with E-state index in [2.05, 4.69) is 30.6 Å². The van der Waals surface area contributed by atoms with Crippen LogP contribution in [0.5, 0.6) is 11.5 Å². The number of ether oxygens (including phenoxy) is 1. The summed E-state index contributed by atoms with van der Waals surface area (Å²) in [6.45, 7) is 10.6. The average molecular weight is 307 g/mol. The van der Waals surface area contributed by atoms with Crippen molar-refractivity contribution in [2.75, 3.05) is 6.23 Å². The Hall–Kier alpha value is -1.26. The summed E-state index contributed by atoms with van der Waals surface area (Å²) in [4.78, 5) is 0. The maximum atomic E-state index is 9.84. The van der Waals surface area contributed by atoms with Crippen molar-refractivity contribution in [3.8, 4) is 11.5 Å². The number of aryl methyl sites for hydroxylation is 1.